The van der Waals surface area contributed by atoms with Gasteiger partial charge in [-0.05, 0) is 37.9 Å². The second-order valence-corrected chi connectivity index (χ2v) is 9.19. The van der Waals surface area contributed by atoms with Crippen molar-refractivity contribution in [3.63, 3.8) is 0 Å². The van der Waals surface area contributed by atoms with E-state index in [4.69, 9.17) is 0 Å². The number of aromatic nitrogens is 3. The molecule has 1 saturated heterocycles. The molecular weight excluding hydrogens is 426 g/mol. The SMILES string of the molecule is C[C@H]1CCCCN1CCNC(=O)Cn1ncc2c3ccccc3n(Cc3ccccc3)c2c1=O. The molecule has 1 aliphatic rings. The Labute approximate surface area is 199 Å². The number of carbonyl (C=O) groups is 1. The molecule has 0 aliphatic carbocycles. The number of carbonyl (C=O) groups excluding carboxylic acids is 1. The zero-order valence-corrected chi connectivity index (χ0v) is 19.6. The topological polar surface area (TPSA) is 72.2 Å². The molecule has 2 aromatic carbocycles. The Kier molecular flexibility index (Phi) is 6.45. The molecule has 2 aromatic heterocycles. The quantitative estimate of drug-likeness (QED) is 0.462. The van der Waals surface area contributed by atoms with E-state index >= 15 is 0 Å². The van der Waals surface area contributed by atoms with E-state index in [1.807, 2.05) is 47.0 Å². The zero-order valence-electron chi connectivity index (χ0n) is 19.6. The smallest absolute Gasteiger partial charge is 0.291 e. The fourth-order valence-electron chi connectivity index (χ4n) is 5.06. The standard InChI is InChI=1S/C27H31N5O2/c1-20-9-7-8-15-30(20)16-14-28-25(33)19-32-27(34)26-23(17-29-32)22-12-5-6-13-24(22)31(26)18-21-10-3-2-4-11-21/h2-6,10-13,17,20H,7-9,14-16,18-19H2,1H3,(H,28,33)/t20-/m0/s1. The van der Waals surface area contributed by atoms with Crippen molar-refractivity contribution in [1.82, 2.24) is 24.6 Å². The van der Waals surface area contributed by atoms with E-state index in [0.29, 0.717) is 24.6 Å². The Balaban J connectivity index is 1.39. The summed E-state index contributed by atoms with van der Waals surface area (Å²) in [7, 11) is 0. The van der Waals surface area contributed by atoms with Gasteiger partial charge in [-0.25, -0.2) is 4.68 Å². The molecule has 176 valence electrons. The number of rotatable bonds is 7. The van der Waals surface area contributed by atoms with Gasteiger partial charge in [0.05, 0.1) is 6.20 Å². The summed E-state index contributed by atoms with van der Waals surface area (Å²) in [5, 5.41) is 9.12. The van der Waals surface area contributed by atoms with Gasteiger partial charge in [0.1, 0.15) is 12.1 Å². The van der Waals surface area contributed by atoms with Gasteiger partial charge in [-0.15, -0.1) is 0 Å². The maximum atomic E-state index is 13.5. The predicted octanol–water partition coefficient (Wildman–Crippen LogP) is 3.39. The number of fused-ring (bicyclic) bond motifs is 3. The molecule has 0 bridgehead atoms. The minimum Gasteiger partial charge on any atom is -0.353 e. The van der Waals surface area contributed by atoms with Gasteiger partial charge in [0.25, 0.3) is 5.56 Å². The molecule has 1 amide bonds. The van der Waals surface area contributed by atoms with Crippen molar-refractivity contribution in [2.45, 2.75) is 45.3 Å². The molecule has 4 aromatic rings. The van der Waals surface area contributed by atoms with Gasteiger partial charge in [-0.3, -0.25) is 14.5 Å². The third-order valence-electron chi connectivity index (χ3n) is 6.91. The molecule has 1 aliphatic heterocycles. The largest absolute Gasteiger partial charge is 0.353 e. The van der Waals surface area contributed by atoms with Gasteiger partial charge in [0.2, 0.25) is 5.91 Å². The summed E-state index contributed by atoms with van der Waals surface area (Å²) in [6.07, 6.45) is 5.42. The first-order valence-corrected chi connectivity index (χ1v) is 12.1. The van der Waals surface area contributed by atoms with Crippen LogP contribution in [0.25, 0.3) is 21.8 Å². The third-order valence-corrected chi connectivity index (χ3v) is 6.91. The molecule has 0 saturated carbocycles. The fraction of sp³-hybridized carbons (Fsp3) is 0.370. The molecule has 1 atom stereocenters. The van der Waals surface area contributed by atoms with E-state index in [1.54, 1.807) is 6.20 Å². The van der Waals surface area contributed by atoms with Gasteiger partial charge < -0.3 is 9.88 Å². The summed E-state index contributed by atoms with van der Waals surface area (Å²) in [6, 6.07) is 18.6. The van der Waals surface area contributed by atoms with Gasteiger partial charge in [0, 0.05) is 42.0 Å². The summed E-state index contributed by atoms with van der Waals surface area (Å²) in [4.78, 5) is 28.6. The van der Waals surface area contributed by atoms with Crippen LogP contribution in [0.1, 0.15) is 31.7 Å². The van der Waals surface area contributed by atoms with Crippen molar-refractivity contribution < 1.29 is 4.79 Å². The molecule has 1 fully saturated rings. The van der Waals surface area contributed by atoms with Crippen LogP contribution in [-0.2, 0) is 17.9 Å². The van der Waals surface area contributed by atoms with E-state index in [0.717, 1.165) is 34.9 Å². The van der Waals surface area contributed by atoms with Crippen molar-refractivity contribution >= 4 is 27.7 Å². The first-order valence-electron chi connectivity index (χ1n) is 12.1. The molecule has 0 unspecified atom stereocenters. The molecule has 5 rings (SSSR count). The van der Waals surface area contributed by atoms with Crippen molar-refractivity contribution in [3.05, 3.63) is 76.7 Å². The lowest BCUT2D eigenvalue weighted by Gasteiger charge is -2.33. The van der Waals surface area contributed by atoms with Gasteiger partial charge in [-0.1, -0.05) is 55.0 Å². The van der Waals surface area contributed by atoms with E-state index in [1.165, 1.54) is 23.9 Å². The molecule has 34 heavy (non-hydrogen) atoms. The number of piperidine rings is 1. The number of nitrogens with zero attached hydrogens (tertiary/aromatic N) is 4. The lowest BCUT2D eigenvalue weighted by molar-refractivity contribution is -0.122. The van der Waals surface area contributed by atoms with Crippen molar-refractivity contribution in [2.24, 2.45) is 0 Å². The van der Waals surface area contributed by atoms with Crippen LogP contribution in [-0.4, -0.2) is 50.8 Å². The Morgan fingerprint density at radius 3 is 2.68 bits per heavy atom. The third kappa shape index (κ3) is 4.48. The van der Waals surface area contributed by atoms with Crippen molar-refractivity contribution in [2.75, 3.05) is 19.6 Å². The molecule has 7 nitrogen and oxygen atoms in total. The molecular formula is C27H31N5O2. The second-order valence-electron chi connectivity index (χ2n) is 9.19. The highest BCUT2D eigenvalue weighted by atomic mass is 16.2. The summed E-state index contributed by atoms with van der Waals surface area (Å²) in [6.45, 7) is 5.23. The number of benzene rings is 2. The Hall–Kier alpha value is -3.45. The first kappa shape index (κ1) is 22.3. The normalized spacial score (nSPS) is 16.8. The highest BCUT2D eigenvalue weighted by molar-refractivity contribution is 6.07. The van der Waals surface area contributed by atoms with Crippen LogP contribution in [0.3, 0.4) is 0 Å². The minimum atomic E-state index is -0.246. The van der Waals surface area contributed by atoms with E-state index in [-0.39, 0.29) is 18.0 Å². The maximum absolute atomic E-state index is 13.5. The second kappa shape index (κ2) is 9.81. The van der Waals surface area contributed by atoms with Crippen LogP contribution in [0.4, 0.5) is 0 Å². The van der Waals surface area contributed by atoms with Crippen LogP contribution in [0.2, 0.25) is 0 Å². The van der Waals surface area contributed by atoms with Gasteiger partial charge in [0.15, 0.2) is 0 Å². The van der Waals surface area contributed by atoms with Gasteiger partial charge >= 0.3 is 0 Å². The average molecular weight is 458 g/mol. The number of likely N-dealkylation sites (tertiary alicyclic amines) is 1. The molecule has 3 heterocycles. The van der Waals surface area contributed by atoms with Crippen LogP contribution < -0.4 is 10.9 Å². The average Bonchev–Trinajstić information content (AvgIpc) is 3.17. The van der Waals surface area contributed by atoms with E-state index in [2.05, 4.69) is 34.4 Å². The lowest BCUT2D eigenvalue weighted by Crippen LogP contribution is -2.43. The van der Waals surface area contributed by atoms with Crippen LogP contribution in [0.15, 0.2) is 65.6 Å². The van der Waals surface area contributed by atoms with E-state index < -0.39 is 0 Å². The summed E-state index contributed by atoms with van der Waals surface area (Å²) in [5.41, 5.74) is 2.43. The number of nitrogens with one attached hydrogen (secondary N) is 1. The van der Waals surface area contributed by atoms with Crippen LogP contribution >= 0.6 is 0 Å². The lowest BCUT2D eigenvalue weighted by atomic mass is 10.0. The van der Waals surface area contributed by atoms with Crippen LogP contribution in [0, 0.1) is 0 Å². The number of hydrogen-bond donors (Lipinski definition) is 1. The number of hydrogen-bond acceptors (Lipinski definition) is 4. The summed E-state index contributed by atoms with van der Waals surface area (Å²) >= 11 is 0. The monoisotopic (exact) mass is 457 g/mol. The Morgan fingerprint density at radius 1 is 1.06 bits per heavy atom. The van der Waals surface area contributed by atoms with Crippen LogP contribution in [0.5, 0.6) is 0 Å². The Morgan fingerprint density at radius 2 is 1.85 bits per heavy atom. The highest BCUT2D eigenvalue weighted by Gasteiger charge is 2.19. The van der Waals surface area contributed by atoms with E-state index in [9.17, 15) is 9.59 Å². The number of amides is 1. The van der Waals surface area contributed by atoms with Crippen molar-refractivity contribution in [3.8, 4) is 0 Å². The molecule has 1 N–H and O–H groups in total. The summed E-state index contributed by atoms with van der Waals surface area (Å²) < 4.78 is 3.32. The highest BCUT2D eigenvalue weighted by Crippen LogP contribution is 2.27. The predicted molar refractivity (Wildman–Crippen MR) is 135 cm³/mol. The molecule has 0 spiro atoms. The first-order chi connectivity index (χ1) is 16.6. The minimum absolute atomic E-state index is 0.0861. The molecule has 7 heteroatoms. The zero-order chi connectivity index (χ0) is 23.5. The van der Waals surface area contributed by atoms with Crippen molar-refractivity contribution in [1.29, 1.82) is 0 Å². The number of para-hydroxylation sites is 1. The fourth-order valence-corrected chi connectivity index (χ4v) is 5.06. The Bertz CT molecular complexity index is 1360. The molecule has 0 radical (unpaired) electrons. The maximum Gasteiger partial charge on any atom is 0.291 e. The summed E-state index contributed by atoms with van der Waals surface area (Å²) in [5.74, 6) is -0.190. The van der Waals surface area contributed by atoms with Gasteiger partial charge in [-0.2, -0.15) is 5.10 Å².